The Morgan fingerprint density at radius 2 is 1.97 bits per heavy atom. The molecule has 0 saturated carbocycles. The summed E-state index contributed by atoms with van der Waals surface area (Å²) in [4.78, 5) is 19.6. The fourth-order valence-electron chi connectivity index (χ4n) is 4.27. The van der Waals surface area contributed by atoms with Gasteiger partial charge in [0.2, 0.25) is 5.91 Å². The van der Waals surface area contributed by atoms with Gasteiger partial charge in [-0.2, -0.15) is 0 Å². The molecule has 1 aliphatic rings. The molecular weight excluding hydrogens is 376 g/mol. The first-order valence-corrected chi connectivity index (χ1v) is 10.7. The highest BCUT2D eigenvalue weighted by Crippen LogP contribution is 2.23. The normalized spacial score (nSPS) is 17.2. The third-order valence-electron chi connectivity index (χ3n) is 5.83. The van der Waals surface area contributed by atoms with Crippen molar-refractivity contribution in [3.63, 3.8) is 0 Å². The maximum absolute atomic E-state index is 12.3. The molecule has 6 heteroatoms. The van der Waals surface area contributed by atoms with Crippen LogP contribution in [-0.4, -0.2) is 47.1 Å². The summed E-state index contributed by atoms with van der Waals surface area (Å²) in [5, 5.41) is 2.98. The fraction of sp³-hybridized carbons (Fsp3) is 0.417. The lowest BCUT2D eigenvalue weighted by Crippen LogP contribution is -2.43. The molecule has 0 spiro atoms. The molecule has 3 aromatic rings. The number of carbonyl (C=O) groups is 1. The van der Waals surface area contributed by atoms with Gasteiger partial charge in [-0.1, -0.05) is 24.3 Å². The second-order valence-corrected chi connectivity index (χ2v) is 7.92. The molecule has 1 N–H and O–H groups in total. The Balaban J connectivity index is 1.57. The van der Waals surface area contributed by atoms with E-state index in [4.69, 9.17) is 9.72 Å². The maximum Gasteiger partial charge on any atom is 0.224 e. The molecule has 1 atom stereocenters. The van der Waals surface area contributed by atoms with E-state index in [2.05, 4.69) is 45.1 Å². The molecule has 1 saturated heterocycles. The van der Waals surface area contributed by atoms with Gasteiger partial charge in [-0.05, 0) is 56.1 Å². The van der Waals surface area contributed by atoms with E-state index in [1.54, 1.807) is 7.11 Å². The molecule has 1 aliphatic heterocycles. The number of nitrogens with zero attached hydrogens (tertiary/aromatic N) is 3. The number of para-hydroxylation sites is 2. The van der Waals surface area contributed by atoms with Crippen LogP contribution in [0.25, 0.3) is 11.0 Å². The summed E-state index contributed by atoms with van der Waals surface area (Å²) in [6, 6.07) is 16.5. The van der Waals surface area contributed by atoms with Gasteiger partial charge in [-0.25, -0.2) is 4.98 Å². The van der Waals surface area contributed by atoms with E-state index in [-0.39, 0.29) is 11.8 Å². The van der Waals surface area contributed by atoms with Crippen molar-refractivity contribution in [3.05, 3.63) is 59.9 Å². The van der Waals surface area contributed by atoms with Gasteiger partial charge in [0.05, 0.1) is 30.6 Å². The van der Waals surface area contributed by atoms with Crippen molar-refractivity contribution >= 4 is 16.9 Å². The zero-order valence-electron chi connectivity index (χ0n) is 17.8. The Morgan fingerprint density at radius 1 is 1.17 bits per heavy atom. The molecule has 1 aromatic heterocycles. The van der Waals surface area contributed by atoms with E-state index >= 15 is 0 Å². The SMILES string of the molecule is CCNC(=O)[C@H]1CCCN(Cc2nc3ccccc3n2Cc2ccc(OC)cc2)C1. The summed E-state index contributed by atoms with van der Waals surface area (Å²) in [7, 11) is 1.68. The Bertz CT molecular complexity index is 996. The predicted molar refractivity (Wildman–Crippen MR) is 119 cm³/mol. The van der Waals surface area contributed by atoms with Gasteiger partial charge in [-0.3, -0.25) is 9.69 Å². The summed E-state index contributed by atoms with van der Waals surface area (Å²) < 4.78 is 7.59. The highest BCUT2D eigenvalue weighted by molar-refractivity contribution is 5.79. The molecule has 4 rings (SSSR count). The number of hydrogen-bond donors (Lipinski definition) is 1. The third kappa shape index (κ3) is 4.49. The molecule has 0 radical (unpaired) electrons. The van der Waals surface area contributed by atoms with Gasteiger partial charge in [0.1, 0.15) is 11.6 Å². The Kier molecular flexibility index (Phi) is 6.33. The quantitative estimate of drug-likeness (QED) is 0.653. The molecule has 158 valence electrons. The largest absolute Gasteiger partial charge is 0.497 e. The van der Waals surface area contributed by atoms with Gasteiger partial charge in [0.25, 0.3) is 0 Å². The Morgan fingerprint density at radius 3 is 2.73 bits per heavy atom. The first-order valence-electron chi connectivity index (χ1n) is 10.7. The maximum atomic E-state index is 12.3. The van der Waals surface area contributed by atoms with Crippen LogP contribution in [0.5, 0.6) is 5.75 Å². The van der Waals surface area contributed by atoms with Gasteiger partial charge in [0.15, 0.2) is 0 Å². The summed E-state index contributed by atoms with van der Waals surface area (Å²) in [5.41, 5.74) is 3.36. The summed E-state index contributed by atoms with van der Waals surface area (Å²) in [6.45, 7) is 5.96. The van der Waals surface area contributed by atoms with E-state index < -0.39 is 0 Å². The van der Waals surface area contributed by atoms with Crippen LogP contribution in [0.4, 0.5) is 0 Å². The fourth-order valence-corrected chi connectivity index (χ4v) is 4.27. The van der Waals surface area contributed by atoms with Gasteiger partial charge >= 0.3 is 0 Å². The van der Waals surface area contributed by atoms with Crippen LogP contribution in [0.15, 0.2) is 48.5 Å². The van der Waals surface area contributed by atoms with Crippen molar-refractivity contribution in [1.82, 2.24) is 19.8 Å². The molecule has 30 heavy (non-hydrogen) atoms. The van der Waals surface area contributed by atoms with E-state index in [0.29, 0.717) is 6.54 Å². The van der Waals surface area contributed by atoms with E-state index in [1.165, 1.54) is 5.56 Å². The second-order valence-electron chi connectivity index (χ2n) is 7.92. The number of methoxy groups -OCH3 is 1. The van der Waals surface area contributed by atoms with Crippen molar-refractivity contribution in [1.29, 1.82) is 0 Å². The number of imidazole rings is 1. The lowest BCUT2D eigenvalue weighted by molar-refractivity contribution is -0.126. The predicted octanol–water partition coefficient (Wildman–Crippen LogP) is 3.44. The van der Waals surface area contributed by atoms with Gasteiger partial charge in [-0.15, -0.1) is 0 Å². The first-order chi connectivity index (χ1) is 14.7. The van der Waals surface area contributed by atoms with Crippen molar-refractivity contribution in [2.75, 3.05) is 26.7 Å². The molecule has 0 bridgehead atoms. The number of ether oxygens (including phenoxy) is 1. The van der Waals surface area contributed by atoms with Crippen LogP contribution in [0, 0.1) is 5.92 Å². The number of aromatic nitrogens is 2. The van der Waals surface area contributed by atoms with Crippen molar-refractivity contribution < 1.29 is 9.53 Å². The zero-order valence-corrected chi connectivity index (χ0v) is 17.8. The Hall–Kier alpha value is -2.86. The molecule has 2 heterocycles. The number of carbonyl (C=O) groups excluding carboxylic acids is 1. The zero-order chi connectivity index (χ0) is 20.9. The van der Waals surface area contributed by atoms with E-state index in [0.717, 1.165) is 61.6 Å². The minimum Gasteiger partial charge on any atom is -0.497 e. The summed E-state index contributed by atoms with van der Waals surface area (Å²) in [6.07, 6.45) is 2.01. The van der Waals surface area contributed by atoms with Crippen LogP contribution in [0.1, 0.15) is 31.2 Å². The topological polar surface area (TPSA) is 59.4 Å². The molecule has 1 amide bonds. The molecule has 0 aliphatic carbocycles. The average Bonchev–Trinajstić information content (AvgIpc) is 3.11. The minimum atomic E-state index is 0.0677. The Labute approximate surface area is 177 Å². The number of hydrogen-bond acceptors (Lipinski definition) is 4. The van der Waals surface area contributed by atoms with Crippen LogP contribution in [-0.2, 0) is 17.9 Å². The first kappa shape index (κ1) is 20.4. The van der Waals surface area contributed by atoms with Crippen LogP contribution in [0.2, 0.25) is 0 Å². The lowest BCUT2D eigenvalue weighted by Gasteiger charge is -2.31. The molecular formula is C24H30N4O2. The standard InChI is InChI=1S/C24H30N4O2/c1-3-25-24(29)19-7-6-14-27(16-19)17-23-26-21-8-4-5-9-22(21)28(23)15-18-10-12-20(30-2)13-11-18/h4-5,8-13,19H,3,6-7,14-17H2,1-2H3,(H,25,29)/t19-/m0/s1. The third-order valence-corrected chi connectivity index (χ3v) is 5.83. The number of likely N-dealkylation sites (tertiary alicyclic amines) is 1. The van der Waals surface area contributed by atoms with Crippen molar-refractivity contribution in [2.45, 2.75) is 32.9 Å². The van der Waals surface area contributed by atoms with Crippen LogP contribution in [0.3, 0.4) is 0 Å². The van der Waals surface area contributed by atoms with E-state index in [1.807, 2.05) is 25.1 Å². The van der Waals surface area contributed by atoms with Gasteiger partial charge in [0, 0.05) is 19.6 Å². The number of nitrogens with one attached hydrogen (secondary N) is 1. The molecule has 6 nitrogen and oxygen atoms in total. The van der Waals surface area contributed by atoms with Crippen molar-refractivity contribution in [3.8, 4) is 5.75 Å². The number of benzene rings is 2. The number of amides is 1. The average molecular weight is 407 g/mol. The highest BCUT2D eigenvalue weighted by atomic mass is 16.5. The monoisotopic (exact) mass is 406 g/mol. The molecule has 1 fully saturated rings. The second kappa shape index (κ2) is 9.30. The number of fused-ring (bicyclic) bond motifs is 1. The number of piperidine rings is 1. The van der Waals surface area contributed by atoms with Crippen LogP contribution >= 0.6 is 0 Å². The van der Waals surface area contributed by atoms with Gasteiger partial charge < -0.3 is 14.6 Å². The molecule has 2 aromatic carbocycles. The number of rotatable bonds is 7. The highest BCUT2D eigenvalue weighted by Gasteiger charge is 2.26. The smallest absolute Gasteiger partial charge is 0.224 e. The molecule has 0 unspecified atom stereocenters. The lowest BCUT2D eigenvalue weighted by atomic mass is 9.97. The van der Waals surface area contributed by atoms with Crippen LogP contribution < -0.4 is 10.1 Å². The van der Waals surface area contributed by atoms with E-state index in [9.17, 15) is 4.79 Å². The van der Waals surface area contributed by atoms with Crippen molar-refractivity contribution in [2.24, 2.45) is 5.92 Å². The summed E-state index contributed by atoms with van der Waals surface area (Å²) in [5.74, 6) is 2.15. The minimum absolute atomic E-state index is 0.0677. The summed E-state index contributed by atoms with van der Waals surface area (Å²) >= 11 is 0.